The van der Waals surface area contributed by atoms with E-state index in [1.807, 2.05) is 12.1 Å². The van der Waals surface area contributed by atoms with Crippen molar-refractivity contribution in [2.45, 2.75) is 19.3 Å². The normalized spacial score (nSPS) is 21.7. The summed E-state index contributed by atoms with van der Waals surface area (Å²) in [5, 5.41) is 0.710. The lowest BCUT2D eigenvalue weighted by Crippen LogP contribution is -2.24. The van der Waals surface area contributed by atoms with E-state index in [9.17, 15) is 0 Å². The fourth-order valence-electron chi connectivity index (χ4n) is 2.17. The molecule has 82 valence electrons. The Labute approximate surface area is 95.4 Å². The molecular weight excluding hydrogens is 210 g/mol. The molecule has 2 nitrogen and oxygen atoms in total. The third kappa shape index (κ3) is 1.97. The molecule has 1 aromatic carbocycles. The minimum atomic E-state index is 0.478. The summed E-state index contributed by atoms with van der Waals surface area (Å²) >= 11 is 6.10. The van der Waals surface area contributed by atoms with E-state index >= 15 is 0 Å². The Bertz CT molecular complexity index is 353. The highest BCUT2D eigenvalue weighted by Crippen LogP contribution is 2.41. The summed E-state index contributed by atoms with van der Waals surface area (Å²) in [5.74, 6) is 1.82. The van der Waals surface area contributed by atoms with Gasteiger partial charge in [0.05, 0.1) is 11.6 Å². The van der Waals surface area contributed by atoms with Gasteiger partial charge >= 0.3 is 0 Å². The molecule has 0 radical (unpaired) electrons. The first kappa shape index (κ1) is 10.8. The van der Waals surface area contributed by atoms with Gasteiger partial charge in [0.1, 0.15) is 5.75 Å². The van der Waals surface area contributed by atoms with Crippen molar-refractivity contribution in [2.75, 3.05) is 13.2 Å². The smallest absolute Gasteiger partial charge is 0.141 e. The summed E-state index contributed by atoms with van der Waals surface area (Å²) in [6.07, 6.45) is 1.03. The molecule has 1 heterocycles. The average Bonchev–Trinajstić information content (AvgIpc) is 2.28. The van der Waals surface area contributed by atoms with Crippen LogP contribution in [0, 0.1) is 5.92 Å². The number of ether oxygens (including phenoxy) is 1. The SMILES string of the molecule is CC(CN)C1CCOc2c(Cl)cccc21. The molecule has 1 aliphatic rings. The Kier molecular flexibility index (Phi) is 3.17. The number of benzene rings is 1. The fourth-order valence-corrected chi connectivity index (χ4v) is 2.40. The van der Waals surface area contributed by atoms with Crippen molar-refractivity contribution in [1.82, 2.24) is 0 Å². The Morgan fingerprint density at radius 2 is 2.40 bits per heavy atom. The molecule has 1 aromatic rings. The first-order chi connectivity index (χ1) is 7.24. The Morgan fingerprint density at radius 1 is 1.60 bits per heavy atom. The molecule has 1 aliphatic heterocycles. The molecule has 2 N–H and O–H groups in total. The van der Waals surface area contributed by atoms with E-state index < -0.39 is 0 Å². The van der Waals surface area contributed by atoms with E-state index in [0.29, 0.717) is 23.4 Å². The highest BCUT2D eigenvalue weighted by Gasteiger charge is 2.26. The van der Waals surface area contributed by atoms with Gasteiger partial charge in [0.25, 0.3) is 0 Å². The molecule has 0 aliphatic carbocycles. The maximum atomic E-state index is 6.10. The molecule has 0 fully saturated rings. The number of rotatable bonds is 2. The maximum Gasteiger partial charge on any atom is 0.141 e. The van der Waals surface area contributed by atoms with Crippen molar-refractivity contribution >= 4 is 11.6 Å². The van der Waals surface area contributed by atoms with Crippen LogP contribution in [0.3, 0.4) is 0 Å². The van der Waals surface area contributed by atoms with Crippen LogP contribution < -0.4 is 10.5 Å². The molecule has 15 heavy (non-hydrogen) atoms. The van der Waals surface area contributed by atoms with Crippen molar-refractivity contribution in [3.05, 3.63) is 28.8 Å². The van der Waals surface area contributed by atoms with E-state index in [4.69, 9.17) is 22.1 Å². The van der Waals surface area contributed by atoms with Crippen LogP contribution >= 0.6 is 11.6 Å². The molecule has 0 bridgehead atoms. The van der Waals surface area contributed by atoms with Gasteiger partial charge in [0.2, 0.25) is 0 Å². The summed E-state index contributed by atoms with van der Waals surface area (Å²) in [5.41, 5.74) is 6.94. The number of halogens is 1. The fraction of sp³-hybridized carbons (Fsp3) is 0.500. The van der Waals surface area contributed by atoms with E-state index in [1.54, 1.807) is 0 Å². The van der Waals surface area contributed by atoms with Crippen LogP contribution in [0.4, 0.5) is 0 Å². The van der Waals surface area contributed by atoms with E-state index in [0.717, 1.165) is 18.8 Å². The number of nitrogens with two attached hydrogens (primary N) is 1. The summed E-state index contributed by atoms with van der Waals surface area (Å²) in [6.45, 7) is 3.63. The van der Waals surface area contributed by atoms with Crippen LogP contribution in [0.1, 0.15) is 24.8 Å². The lowest BCUT2D eigenvalue weighted by atomic mass is 9.83. The van der Waals surface area contributed by atoms with E-state index in [1.165, 1.54) is 5.56 Å². The first-order valence-corrected chi connectivity index (χ1v) is 5.73. The van der Waals surface area contributed by atoms with Crippen molar-refractivity contribution in [2.24, 2.45) is 11.7 Å². The minimum Gasteiger partial charge on any atom is -0.492 e. The molecule has 0 spiro atoms. The topological polar surface area (TPSA) is 35.2 Å². The quantitative estimate of drug-likeness (QED) is 0.840. The van der Waals surface area contributed by atoms with Gasteiger partial charge in [-0.15, -0.1) is 0 Å². The Balaban J connectivity index is 2.38. The van der Waals surface area contributed by atoms with Gasteiger partial charge in [0, 0.05) is 0 Å². The standard InChI is InChI=1S/C12H16ClNO/c1-8(7-14)9-5-6-15-12-10(9)3-2-4-11(12)13/h2-4,8-9H,5-7,14H2,1H3. The van der Waals surface area contributed by atoms with Crippen LogP contribution in [0.25, 0.3) is 0 Å². The van der Waals surface area contributed by atoms with Gasteiger partial charge < -0.3 is 10.5 Å². The third-order valence-corrected chi connectivity index (χ3v) is 3.43. The maximum absolute atomic E-state index is 6.10. The predicted molar refractivity (Wildman–Crippen MR) is 62.5 cm³/mol. The van der Waals surface area contributed by atoms with Crippen molar-refractivity contribution in [3.8, 4) is 5.75 Å². The van der Waals surface area contributed by atoms with Gasteiger partial charge in [-0.25, -0.2) is 0 Å². The molecule has 0 amide bonds. The van der Waals surface area contributed by atoms with E-state index in [-0.39, 0.29) is 0 Å². The Hall–Kier alpha value is -0.730. The molecule has 0 saturated carbocycles. The van der Waals surface area contributed by atoms with Gasteiger partial charge in [-0.2, -0.15) is 0 Å². The molecular formula is C12H16ClNO. The zero-order chi connectivity index (χ0) is 10.8. The minimum absolute atomic E-state index is 0.478. The van der Waals surface area contributed by atoms with Crippen LogP contribution in [0.5, 0.6) is 5.75 Å². The van der Waals surface area contributed by atoms with Gasteiger partial charge in [-0.1, -0.05) is 30.7 Å². The second-order valence-electron chi connectivity index (χ2n) is 4.11. The predicted octanol–water partition coefficient (Wildman–Crippen LogP) is 2.80. The Morgan fingerprint density at radius 3 is 3.13 bits per heavy atom. The van der Waals surface area contributed by atoms with Crippen molar-refractivity contribution < 1.29 is 4.74 Å². The number of hydrogen-bond acceptors (Lipinski definition) is 2. The molecule has 2 unspecified atom stereocenters. The van der Waals surface area contributed by atoms with E-state index in [2.05, 4.69) is 13.0 Å². The van der Waals surface area contributed by atoms with Crippen LogP contribution in [-0.2, 0) is 0 Å². The summed E-state index contributed by atoms with van der Waals surface area (Å²) in [6, 6.07) is 5.94. The monoisotopic (exact) mass is 225 g/mol. The summed E-state index contributed by atoms with van der Waals surface area (Å²) < 4.78 is 5.61. The second-order valence-corrected chi connectivity index (χ2v) is 4.52. The number of hydrogen-bond donors (Lipinski definition) is 1. The summed E-state index contributed by atoms with van der Waals surface area (Å²) in [7, 11) is 0. The van der Waals surface area contributed by atoms with Crippen LogP contribution in [0.2, 0.25) is 5.02 Å². The summed E-state index contributed by atoms with van der Waals surface area (Å²) in [4.78, 5) is 0. The molecule has 2 atom stereocenters. The van der Waals surface area contributed by atoms with Crippen molar-refractivity contribution in [1.29, 1.82) is 0 Å². The van der Waals surface area contributed by atoms with Crippen LogP contribution in [0.15, 0.2) is 18.2 Å². The highest BCUT2D eigenvalue weighted by atomic mass is 35.5. The van der Waals surface area contributed by atoms with Gasteiger partial charge in [-0.05, 0) is 36.4 Å². The highest BCUT2D eigenvalue weighted by molar-refractivity contribution is 6.32. The third-order valence-electron chi connectivity index (χ3n) is 3.13. The molecule has 0 saturated heterocycles. The number of para-hydroxylation sites is 1. The zero-order valence-corrected chi connectivity index (χ0v) is 9.63. The molecule has 2 rings (SSSR count). The second kappa shape index (κ2) is 4.42. The van der Waals surface area contributed by atoms with Crippen molar-refractivity contribution in [3.63, 3.8) is 0 Å². The number of fused-ring (bicyclic) bond motifs is 1. The largest absolute Gasteiger partial charge is 0.492 e. The van der Waals surface area contributed by atoms with Gasteiger partial charge in [0.15, 0.2) is 0 Å². The average molecular weight is 226 g/mol. The van der Waals surface area contributed by atoms with Crippen LogP contribution in [-0.4, -0.2) is 13.2 Å². The molecule has 0 aromatic heterocycles. The zero-order valence-electron chi connectivity index (χ0n) is 8.87. The first-order valence-electron chi connectivity index (χ1n) is 5.35. The lowest BCUT2D eigenvalue weighted by Gasteiger charge is -2.30. The molecule has 3 heteroatoms. The van der Waals surface area contributed by atoms with Gasteiger partial charge in [-0.3, -0.25) is 0 Å². The lowest BCUT2D eigenvalue weighted by molar-refractivity contribution is 0.244.